The molecule has 0 spiro atoms. The van der Waals surface area contributed by atoms with Gasteiger partial charge in [-0.1, -0.05) is 23.9 Å². The maximum atomic E-state index is 12.0. The van der Waals surface area contributed by atoms with Crippen LogP contribution in [0, 0.1) is 0 Å². The molecule has 126 valence electrons. The number of rotatable bonds is 6. The van der Waals surface area contributed by atoms with E-state index in [1.165, 1.54) is 4.90 Å². The third kappa shape index (κ3) is 5.53. The highest BCUT2D eigenvalue weighted by Gasteiger charge is 2.29. The van der Waals surface area contributed by atoms with Gasteiger partial charge >= 0.3 is 0 Å². The molecular weight excluding hydrogens is 338 g/mol. The molecule has 0 aromatic heterocycles. The number of benzene rings is 1. The molecule has 8 heteroatoms. The Morgan fingerprint density at radius 2 is 2.17 bits per heavy atom. The monoisotopic (exact) mass is 357 g/mol. The van der Waals surface area contributed by atoms with E-state index in [-0.39, 0.29) is 47.8 Å². The number of nitrogens with two attached hydrogens (primary N) is 1. The van der Waals surface area contributed by atoms with Crippen molar-refractivity contribution in [2.24, 2.45) is 5.73 Å². The molecule has 6 nitrogen and oxygen atoms in total. The molecule has 1 aliphatic heterocycles. The average molecular weight is 358 g/mol. The molecule has 0 saturated carbocycles. The van der Waals surface area contributed by atoms with Gasteiger partial charge in [0, 0.05) is 18.2 Å². The second kappa shape index (κ2) is 8.90. The smallest absolute Gasteiger partial charge is 0.289 e. The minimum atomic E-state index is -0.239. The molecule has 0 aliphatic carbocycles. The van der Waals surface area contributed by atoms with Gasteiger partial charge in [-0.2, -0.15) is 0 Å². The van der Waals surface area contributed by atoms with Crippen molar-refractivity contribution in [1.82, 2.24) is 10.2 Å². The Balaban J connectivity index is 0.00000264. The Morgan fingerprint density at radius 3 is 2.78 bits per heavy atom. The number of nitrogens with zero attached hydrogens (tertiary/aromatic N) is 1. The average Bonchev–Trinajstić information content (AvgIpc) is 2.79. The summed E-state index contributed by atoms with van der Waals surface area (Å²) in [6, 6.07) is 6.98. The van der Waals surface area contributed by atoms with Gasteiger partial charge in [0.1, 0.15) is 0 Å². The van der Waals surface area contributed by atoms with Gasteiger partial charge < -0.3 is 11.1 Å². The first kappa shape index (κ1) is 19.5. The van der Waals surface area contributed by atoms with Gasteiger partial charge in [0.2, 0.25) is 5.91 Å². The van der Waals surface area contributed by atoms with E-state index in [9.17, 15) is 14.4 Å². The molecular formula is C15H20ClN3O3S. The Kier molecular flexibility index (Phi) is 7.54. The van der Waals surface area contributed by atoms with Crippen LogP contribution in [-0.2, 0) is 11.3 Å². The highest BCUT2D eigenvalue weighted by atomic mass is 35.5. The number of thioether (sulfide) groups is 1. The van der Waals surface area contributed by atoms with E-state index in [1.54, 1.807) is 24.3 Å². The Bertz CT molecular complexity index is 579. The third-order valence-electron chi connectivity index (χ3n) is 3.26. The van der Waals surface area contributed by atoms with Gasteiger partial charge in [0.25, 0.3) is 11.1 Å². The summed E-state index contributed by atoms with van der Waals surface area (Å²) in [7, 11) is 0. The lowest BCUT2D eigenvalue weighted by Crippen LogP contribution is -2.29. The van der Waals surface area contributed by atoms with Crippen LogP contribution in [0.3, 0.4) is 0 Å². The van der Waals surface area contributed by atoms with Crippen molar-refractivity contribution in [3.8, 4) is 0 Å². The summed E-state index contributed by atoms with van der Waals surface area (Å²) in [6.07, 6.45) is 0.708. The van der Waals surface area contributed by atoms with E-state index in [0.717, 1.165) is 17.3 Å². The maximum Gasteiger partial charge on any atom is 0.289 e. The zero-order valence-electron chi connectivity index (χ0n) is 12.8. The minimum absolute atomic E-state index is 0. The zero-order valence-corrected chi connectivity index (χ0v) is 14.4. The van der Waals surface area contributed by atoms with Crippen molar-refractivity contribution in [3.05, 3.63) is 35.4 Å². The van der Waals surface area contributed by atoms with Crippen molar-refractivity contribution < 1.29 is 14.4 Å². The van der Waals surface area contributed by atoms with Crippen LogP contribution in [0.5, 0.6) is 0 Å². The minimum Gasteiger partial charge on any atom is -0.352 e. The Morgan fingerprint density at radius 1 is 1.43 bits per heavy atom. The van der Waals surface area contributed by atoms with Crippen LogP contribution in [0.25, 0.3) is 0 Å². The van der Waals surface area contributed by atoms with Crippen LogP contribution in [-0.4, -0.2) is 40.3 Å². The summed E-state index contributed by atoms with van der Waals surface area (Å²) in [5, 5.41) is 2.56. The third-order valence-corrected chi connectivity index (χ3v) is 4.11. The molecule has 1 unspecified atom stereocenters. The van der Waals surface area contributed by atoms with Crippen molar-refractivity contribution in [1.29, 1.82) is 0 Å². The van der Waals surface area contributed by atoms with Crippen LogP contribution < -0.4 is 11.1 Å². The predicted molar refractivity (Wildman–Crippen MR) is 92.7 cm³/mol. The van der Waals surface area contributed by atoms with Gasteiger partial charge in [0.15, 0.2) is 0 Å². The number of imide groups is 1. The van der Waals surface area contributed by atoms with Gasteiger partial charge in [-0.3, -0.25) is 19.3 Å². The van der Waals surface area contributed by atoms with Crippen LogP contribution in [0.1, 0.15) is 29.3 Å². The molecule has 3 N–H and O–H groups in total. The van der Waals surface area contributed by atoms with E-state index in [1.807, 2.05) is 6.92 Å². The Labute approximate surface area is 145 Å². The molecule has 1 aromatic carbocycles. The summed E-state index contributed by atoms with van der Waals surface area (Å²) in [4.78, 5) is 36.4. The van der Waals surface area contributed by atoms with Crippen LogP contribution >= 0.6 is 24.2 Å². The maximum absolute atomic E-state index is 12.0. The number of halogens is 1. The molecule has 1 fully saturated rings. The fraction of sp³-hybridized carbons (Fsp3) is 0.400. The topological polar surface area (TPSA) is 92.5 Å². The van der Waals surface area contributed by atoms with Crippen LogP contribution in [0.15, 0.2) is 24.3 Å². The molecule has 1 heterocycles. The summed E-state index contributed by atoms with van der Waals surface area (Å²) in [5.41, 5.74) is 6.90. The summed E-state index contributed by atoms with van der Waals surface area (Å²) >= 11 is 1.00. The lowest BCUT2D eigenvalue weighted by Gasteiger charge is -2.13. The number of hydrogen-bond acceptors (Lipinski definition) is 5. The molecule has 1 aromatic rings. The number of nitrogens with one attached hydrogen (secondary N) is 1. The molecule has 0 bridgehead atoms. The Hall–Kier alpha value is -1.57. The molecule has 23 heavy (non-hydrogen) atoms. The number of carbonyl (C=O) groups is 3. The number of carbonyl (C=O) groups excluding carboxylic acids is 3. The van der Waals surface area contributed by atoms with Crippen LogP contribution in [0.4, 0.5) is 4.79 Å². The highest BCUT2D eigenvalue weighted by Crippen LogP contribution is 2.21. The van der Waals surface area contributed by atoms with E-state index in [0.29, 0.717) is 18.5 Å². The molecule has 1 aliphatic rings. The van der Waals surface area contributed by atoms with Gasteiger partial charge in [-0.05, 0) is 31.0 Å². The standard InChI is InChI=1S/C15H19N3O3S.ClH/c1-10(16)5-6-17-14(20)12-4-2-3-11(7-12)8-18-13(19)9-22-15(18)21;/h2-4,7,10H,5-6,8-9,16H2,1H3,(H,17,20);1H. The number of amides is 3. The van der Waals surface area contributed by atoms with Crippen molar-refractivity contribution in [3.63, 3.8) is 0 Å². The molecule has 0 radical (unpaired) electrons. The number of hydrogen-bond donors (Lipinski definition) is 2. The fourth-order valence-electron chi connectivity index (χ4n) is 2.04. The second-order valence-electron chi connectivity index (χ2n) is 5.26. The quantitative estimate of drug-likeness (QED) is 0.809. The second-order valence-corrected chi connectivity index (χ2v) is 6.18. The highest BCUT2D eigenvalue weighted by molar-refractivity contribution is 8.14. The molecule has 3 amide bonds. The van der Waals surface area contributed by atoms with E-state index >= 15 is 0 Å². The fourth-order valence-corrected chi connectivity index (χ4v) is 2.77. The van der Waals surface area contributed by atoms with Crippen molar-refractivity contribution in [2.45, 2.75) is 25.9 Å². The van der Waals surface area contributed by atoms with E-state index in [2.05, 4.69) is 5.32 Å². The predicted octanol–water partition coefficient (Wildman–Crippen LogP) is 1.77. The summed E-state index contributed by atoms with van der Waals surface area (Å²) in [6.45, 7) is 2.60. The first-order valence-electron chi connectivity index (χ1n) is 7.07. The summed E-state index contributed by atoms with van der Waals surface area (Å²) < 4.78 is 0. The normalized spacial score (nSPS) is 15.3. The van der Waals surface area contributed by atoms with Crippen molar-refractivity contribution in [2.75, 3.05) is 12.3 Å². The van der Waals surface area contributed by atoms with Gasteiger partial charge in [-0.15, -0.1) is 12.4 Å². The molecule has 1 saturated heterocycles. The van der Waals surface area contributed by atoms with Gasteiger partial charge in [0.05, 0.1) is 12.3 Å². The summed E-state index contributed by atoms with van der Waals surface area (Å²) in [5.74, 6) is -0.186. The SMILES string of the molecule is CC(N)CCNC(=O)c1cccc(CN2C(=O)CSC2=O)c1.Cl. The first-order valence-corrected chi connectivity index (χ1v) is 8.06. The molecule has 2 rings (SSSR count). The lowest BCUT2D eigenvalue weighted by molar-refractivity contribution is -0.125. The molecule has 1 atom stereocenters. The van der Waals surface area contributed by atoms with Crippen molar-refractivity contribution >= 4 is 41.2 Å². The van der Waals surface area contributed by atoms with Gasteiger partial charge in [-0.25, -0.2) is 0 Å². The lowest BCUT2D eigenvalue weighted by atomic mass is 10.1. The van der Waals surface area contributed by atoms with Crippen LogP contribution in [0.2, 0.25) is 0 Å². The van der Waals surface area contributed by atoms with E-state index < -0.39 is 0 Å². The van der Waals surface area contributed by atoms with E-state index in [4.69, 9.17) is 5.73 Å². The zero-order chi connectivity index (χ0) is 16.1. The first-order chi connectivity index (χ1) is 10.5. The largest absolute Gasteiger partial charge is 0.352 e.